The first-order chi connectivity index (χ1) is 8.52. The Hall–Kier alpha value is -1.34. The first kappa shape index (κ1) is 13.1. The van der Waals surface area contributed by atoms with Crippen molar-refractivity contribution in [1.29, 1.82) is 5.26 Å². The van der Waals surface area contributed by atoms with Crippen LogP contribution in [0.2, 0.25) is 0 Å². The summed E-state index contributed by atoms with van der Waals surface area (Å²) >= 11 is 0. The van der Waals surface area contributed by atoms with E-state index in [2.05, 4.69) is 11.4 Å². The molecule has 2 fully saturated rings. The average Bonchev–Trinajstić information content (AvgIpc) is 2.96. The summed E-state index contributed by atoms with van der Waals surface area (Å²) in [4.78, 5) is 13.9. The summed E-state index contributed by atoms with van der Waals surface area (Å²) < 4.78 is 0. The van der Waals surface area contributed by atoms with Crippen LogP contribution < -0.4 is 5.32 Å². The molecule has 18 heavy (non-hydrogen) atoms. The zero-order valence-corrected chi connectivity index (χ0v) is 11.2. The van der Waals surface area contributed by atoms with Crippen molar-refractivity contribution in [3.63, 3.8) is 0 Å². The highest BCUT2D eigenvalue weighted by Crippen LogP contribution is 2.24. The lowest BCUT2D eigenvalue weighted by atomic mass is 10.0. The largest absolute Gasteiger partial charge is 0.338 e. The topological polar surface area (TPSA) is 56.1 Å². The van der Waals surface area contributed by atoms with Crippen LogP contribution in [0, 0.1) is 11.3 Å². The molecule has 0 atom stereocenters. The molecule has 1 aliphatic heterocycles. The van der Waals surface area contributed by atoms with E-state index in [0.29, 0.717) is 6.04 Å². The van der Waals surface area contributed by atoms with Gasteiger partial charge in [0.05, 0.1) is 0 Å². The molecule has 1 saturated heterocycles. The van der Waals surface area contributed by atoms with Gasteiger partial charge in [0.1, 0.15) is 11.6 Å². The Bertz CT molecular complexity index is 396. The van der Waals surface area contributed by atoms with Crippen molar-refractivity contribution in [3.05, 3.63) is 11.6 Å². The van der Waals surface area contributed by atoms with Crippen molar-refractivity contribution in [2.24, 2.45) is 0 Å². The molecule has 0 radical (unpaired) electrons. The van der Waals surface area contributed by atoms with Gasteiger partial charge in [0.2, 0.25) is 0 Å². The lowest BCUT2D eigenvalue weighted by Crippen LogP contribution is -2.40. The molecular formula is C14H21N3O. The molecule has 1 amide bonds. The molecule has 1 heterocycles. The zero-order valence-electron chi connectivity index (χ0n) is 11.2. The van der Waals surface area contributed by atoms with Gasteiger partial charge in [-0.3, -0.25) is 4.79 Å². The highest BCUT2D eigenvalue weighted by molar-refractivity contribution is 5.97. The molecule has 2 rings (SSSR count). The van der Waals surface area contributed by atoms with E-state index in [0.717, 1.165) is 25.9 Å². The van der Waals surface area contributed by atoms with Gasteiger partial charge in [0, 0.05) is 24.7 Å². The molecule has 4 heteroatoms. The second kappa shape index (κ2) is 5.11. The minimum atomic E-state index is -0.290. The average molecular weight is 247 g/mol. The molecule has 4 nitrogen and oxygen atoms in total. The minimum Gasteiger partial charge on any atom is -0.338 e. The molecule has 2 aliphatic rings. The molecule has 1 N–H and O–H groups in total. The van der Waals surface area contributed by atoms with E-state index in [-0.39, 0.29) is 17.0 Å². The number of hydrogen-bond donors (Lipinski definition) is 1. The number of nitrogens with one attached hydrogen (secondary N) is 1. The molecule has 1 aliphatic carbocycles. The van der Waals surface area contributed by atoms with Crippen LogP contribution in [0.1, 0.15) is 39.5 Å². The lowest BCUT2D eigenvalue weighted by molar-refractivity contribution is -0.125. The zero-order chi connectivity index (χ0) is 13.2. The van der Waals surface area contributed by atoms with Crippen molar-refractivity contribution in [2.75, 3.05) is 13.1 Å². The number of likely N-dealkylation sites (tertiary alicyclic amines) is 1. The Morgan fingerprint density at radius 1 is 1.39 bits per heavy atom. The number of carbonyl (C=O) groups excluding carboxylic acids is 1. The van der Waals surface area contributed by atoms with Crippen molar-refractivity contribution < 1.29 is 4.79 Å². The number of amides is 1. The fourth-order valence-electron chi connectivity index (χ4n) is 2.39. The first-order valence-corrected chi connectivity index (χ1v) is 6.72. The van der Waals surface area contributed by atoms with Gasteiger partial charge in [0.25, 0.3) is 5.91 Å². The van der Waals surface area contributed by atoms with Gasteiger partial charge < -0.3 is 10.2 Å². The summed E-state index contributed by atoms with van der Waals surface area (Å²) in [6, 6.07) is 2.61. The second-order valence-electron chi connectivity index (χ2n) is 5.81. The summed E-state index contributed by atoms with van der Waals surface area (Å²) in [6.45, 7) is 5.60. The molecule has 1 saturated carbocycles. The van der Waals surface area contributed by atoms with E-state index in [1.54, 1.807) is 11.0 Å². The van der Waals surface area contributed by atoms with Crippen LogP contribution in [0.15, 0.2) is 11.6 Å². The normalized spacial score (nSPS) is 20.9. The Morgan fingerprint density at radius 3 is 2.50 bits per heavy atom. The van der Waals surface area contributed by atoms with Crippen molar-refractivity contribution in [1.82, 2.24) is 10.2 Å². The van der Waals surface area contributed by atoms with Gasteiger partial charge in [-0.1, -0.05) is 0 Å². The van der Waals surface area contributed by atoms with E-state index in [4.69, 9.17) is 0 Å². The van der Waals surface area contributed by atoms with Gasteiger partial charge in [-0.15, -0.1) is 0 Å². The Labute approximate surface area is 109 Å². The number of nitrogens with zero attached hydrogens (tertiary/aromatic N) is 2. The number of carbonyl (C=O) groups is 1. The lowest BCUT2D eigenvalue weighted by Gasteiger charge is -2.23. The number of nitriles is 1. The molecule has 0 aromatic rings. The summed E-state index contributed by atoms with van der Waals surface area (Å²) in [5, 5.41) is 12.6. The maximum absolute atomic E-state index is 12.2. The highest BCUT2D eigenvalue weighted by atomic mass is 16.2. The summed E-state index contributed by atoms with van der Waals surface area (Å²) in [6.07, 6.45) is 6.27. The number of rotatable bonds is 4. The predicted octanol–water partition coefficient (Wildman–Crippen LogP) is 1.59. The fraction of sp³-hybridized carbons (Fsp3) is 0.714. The van der Waals surface area contributed by atoms with Crippen molar-refractivity contribution in [2.45, 2.75) is 51.1 Å². The highest BCUT2D eigenvalue weighted by Gasteiger charge is 2.29. The Kier molecular flexibility index (Phi) is 3.72. The van der Waals surface area contributed by atoms with Crippen LogP contribution in [0.3, 0.4) is 0 Å². The first-order valence-electron chi connectivity index (χ1n) is 6.72. The van der Waals surface area contributed by atoms with E-state index < -0.39 is 0 Å². The van der Waals surface area contributed by atoms with Crippen LogP contribution in [0.4, 0.5) is 0 Å². The van der Waals surface area contributed by atoms with Gasteiger partial charge in [-0.05, 0) is 45.6 Å². The number of hydrogen-bond acceptors (Lipinski definition) is 3. The fourth-order valence-corrected chi connectivity index (χ4v) is 2.39. The van der Waals surface area contributed by atoms with E-state index >= 15 is 0 Å². The van der Waals surface area contributed by atoms with Crippen molar-refractivity contribution >= 4 is 5.91 Å². The van der Waals surface area contributed by atoms with E-state index in [1.807, 2.05) is 13.8 Å². The third-order valence-electron chi connectivity index (χ3n) is 3.40. The van der Waals surface area contributed by atoms with Crippen LogP contribution in [-0.2, 0) is 4.79 Å². The van der Waals surface area contributed by atoms with E-state index in [9.17, 15) is 10.1 Å². The van der Waals surface area contributed by atoms with Gasteiger partial charge in [-0.2, -0.15) is 5.26 Å². The summed E-state index contributed by atoms with van der Waals surface area (Å²) in [7, 11) is 0. The molecule has 0 unspecified atom stereocenters. The van der Waals surface area contributed by atoms with Crippen LogP contribution in [-0.4, -0.2) is 35.5 Å². The molecule has 0 aromatic heterocycles. The van der Waals surface area contributed by atoms with Crippen LogP contribution >= 0.6 is 0 Å². The summed E-state index contributed by atoms with van der Waals surface area (Å²) in [5.74, 6) is -0.110. The minimum absolute atomic E-state index is 0.110. The SMILES string of the molecule is CC(C)(/C=C(\C#N)C(=O)N1CCCC1)NC1CC1. The molecule has 98 valence electrons. The third-order valence-corrected chi connectivity index (χ3v) is 3.40. The maximum atomic E-state index is 12.2. The maximum Gasteiger partial charge on any atom is 0.264 e. The van der Waals surface area contributed by atoms with Crippen LogP contribution in [0.5, 0.6) is 0 Å². The van der Waals surface area contributed by atoms with Gasteiger partial charge in [0.15, 0.2) is 0 Å². The molecule has 0 bridgehead atoms. The molecule has 0 spiro atoms. The monoisotopic (exact) mass is 247 g/mol. The Balaban J connectivity index is 2.06. The second-order valence-corrected chi connectivity index (χ2v) is 5.81. The third kappa shape index (κ3) is 3.33. The quantitative estimate of drug-likeness (QED) is 0.606. The van der Waals surface area contributed by atoms with Gasteiger partial charge in [-0.25, -0.2) is 0 Å². The van der Waals surface area contributed by atoms with Crippen molar-refractivity contribution in [3.8, 4) is 6.07 Å². The van der Waals surface area contributed by atoms with E-state index in [1.165, 1.54) is 12.8 Å². The molecule has 0 aromatic carbocycles. The predicted molar refractivity (Wildman–Crippen MR) is 69.7 cm³/mol. The standard InChI is InChI=1S/C14H21N3O/c1-14(2,16-12-5-6-12)9-11(10-15)13(18)17-7-3-4-8-17/h9,12,16H,3-8H2,1-2H3/b11-9+. The Morgan fingerprint density at radius 2 is 2.00 bits per heavy atom. The smallest absolute Gasteiger partial charge is 0.264 e. The molecular weight excluding hydrogens is 226 g/mol. The summed E-state index contributed by atoms with van der Waals surface area (Å²) in [5.41, 5.74) is -0.0169. The van der Waals surface area contributed by atoms with Gasteiger partial charge >= 0.3 is 0 Å². The van der Waals surface area contributed by atoms with Crippen LogP contribution in [0.25, 0.3) is 0 Å².